The Bertz CT molecular complexity index is 1710. The molecule has 0 unspecified atom stereocenters. The standard InChI is InChI=1S/C30H25ClF2N4O5/c1-36-28-20(11-12-42-25-10-8-19(31)14-21(25)28)27(35-36)29(39)37(15-18-5-3-4-6-22(18)32)16-26(38)34-24-13-17(30(40)41-2)7-9-23(24)33/h3-10,13-14H,11-12,15-16H2,1-2H3,(H,34,38). The second-order valence-corrected chi connectivity index (χ2v) is 9.96. The lowest BCUT2D eigenvalue weighted by atomic mass is 10.0. The van der Waals surface area contributed by atoms with Crippen molar-refractivity contribution in [2.24, 2.45) is 7.05 Å². The van der Waals surface area contributed by atoms with Crippen molar-refractivity contribution >= 4 is 35.1 Å². The number of fused-ring (bicyclic) bond motifs is 3. The van der Waals surface area contributed by atoms with Gasteiger partial charge in [-0.3, -0.25) is 14.3 Å². The predicted octanol–water partition coefficient (Wildman–Crippen LogP) is 5.02. The number of carbonyl (C=O) groups excluding carboxylic acids is 3. The molecule has 1 aromatic heterocycles. The Balaban J connectivity index is 1.49. The molecule has 4 aromatic rings. The summed E-state index contributed by atoms with van der Waals surface area (Å²) in [5.41, 5.74) is 1.84. The fourth-order valence-electron chi connectivity index (χ4n) is 4.80. The number of nitrogens with zero attached hydrogens (tertiary/aromatic N) is 3. The molecule has 0 radical (unpaired) electrons. The van der Waals surface area contributed by atoms with Crippen molar-refractivity contribution < 1.29 is 32.6 Å². The quantitative estimate of drug-likeness (QED) is 0.301. The predicted molar refractivity (Wildman–Crippen MR) is 150 cm³/mol. The van der Waals surface area contributed by atoms with E-state index in [4.69, 9.17) is 16.3 Å². The second kappa shape index (κ2) is 12.0. The molecule has 0 spiro atoms. The van der Waals surface area contributed by atoms with Crippen molar-refractivity contribution in [2.75, 3.05) is 25.6 Å². The number of hydrogen-bond acceptors (Lipinski definition) is 6. The lowest BCUT2D eigenvalue weighted by molar-refractivity contribution is -0.117. The van der Waals surface area contributed by atoms with Crippen LogP contribution in [0.2, 0.25) is 5.02 Å². The number of amides is 2. The summed E-state index contributed by atoms with van der Waals surface area (Å²) in [6, 6.07) is 14.4. The second-order valence-electron chi connectivity index (χ2n) is 9.53. The molecule has 0 saturated carbocycles. The molecular weight excluding hydrogens is 570 g/mol. The molecule has 1 N–H and O–H groups in total. The molecule has 1 aliphatic rings. The normalized spacial score (nSPS) is 11.9. The third kappa shape index (κ3) is 5.82. The summed E-state index contributed by atoms with van der Waals surface area (Å²) in [7, 11) is 2.85. The molecule has 216 valence electrons. The van der Waals surface area contributed by atoms with Crippen LogP contribution in [-0.4, -0.2) is 52.7 Å². The Kier molecular flexibility index (Phi) is 8.21. The van der Waals surface area contributed by atoms with Crippen LogP contribution in [-0.2, 0) is 29.5 Å². The maximum Gasteiger partial charge on any atom is 0.337 e. The zero-order valence-electron chi connectivity index (χ0n) is 22.6. The SMILES string of the molecule is COC(=O)c1ccc(F)c(NC(=O)CN(Cc2ccccc2F)C(=O)c2nn(C)c3c2CCOc2ccc(Cl)cc2-3)c1. The molecule has 5 rings (SSSR count). The van der Waals surface area contributed by atoms with Crippen molar-refractivity contribution in [3.8, 4) is 17.0 Å². The third-order valence-corrected chi connectivity index (χ3v) is 6.99. The van der Waals surface area contributed by atoms with Gasteiger partial charge in [0.05, 0.1) is 30.7 Å². The van der Waals surface area contributed by atoms with Crippen molar-refractivity contribution in [3.05, 3.63) is 99.7 Å². The van der Waals surface area contributed by atoms with E-state index in [0.717, 1.165) is 17.0 Å². The fraction of sp³-hybridized carbons (Fsp3) is 0.200. The van der Waals surface area contributed by atoms with Gasteiger partial charge in [0.25, 0.3) is 5.91 Å². The summed E-state index contributed by atoms with van der Waals surface area (Å²) in [4.78, 5) is 40.2. The van der Waals surface area contributed by atoms with Gasteiger partial charge in [0.15, 0.2) is 5.69 Å². The van der Waals surface area contributed by atoms with Gasteiger partial charge in [0.1, 0.15) is 23.9 Å². The third-order valence-electron chi connectivity index (χ3n) is 6.76. The molecule has 0 saturated heterocycles. The minimum Gasteiger partial charge on any atom is -0.493 e. The Morgan fingerprint density at radius 3 is 2.64 bits per heavy atom. The summed E-state index contributed by atoms with van der Waals surface area (Å²) in [5.74, 6) is -2.91. The summed E-state index contributed by atoms with van der Waals surface area (Å²) in [6.45, 7) is -0.579. The van der Waals surface area contributed by atoms with Gasteiger partial charge < -0.3 is 19.7 Å². The van der Waals surface area contributed by atoms with E-state index in [-0.39, 0.29) is 35.7 Å². The van der Waals surface area contributed by atoms with E-state index >= 15 is 0 Å². The number of benzene rings is 3. The number of anilines is 1. The molecule has 2 heterocycles. The number of aromatic nitrogens is 2. The number of rotatable bonds is 7. The van der Waals surface area contributed by atoms with E-state index < -0.39 is 36.0 Å². The monoisotopic (exact) mass is 594 g/mol. The molecule has 2 amide bonds. The molecule has 3 aromatic carbocycles. The average Bonchev–Trinajstić information content (AvgIpc) is 3.17. The first-order chi connectivity index (χ1) is 20.2. The number of hydrogen-bond donors (Lipinski definition) is 1. The van der Waals surface area contributed by atoms with Crippen LogP contribution >= 0.6 is 11.6 Å². The Morgan fingerprint density at radius 1 is 1.10 bits per heavy atom. The van der Waals surface area contributed by atoms with Crippen LogP contribution in [0.1, 0.15) is 32.0 Å². The molecule has 9 nitrogen and oxygen atoms in total. The summed E-state index contributed by atoms with van der Waals surface area (Å²) in [6.07, 6.45) is 0.335. The van der Waals surface area contributed by atoms with Gasteiger partial charge in [-0.25, -0.2) is 13.6 Å². The van der Waals surface area contributed by atoms with E-state index in [1.54, 1.807) is 36.0 Å². The Morgan fingerprint density at radius 2 is 1.88 bits per heavy atom. The van der Waals surface area contributed by atoms with Crippen molar-refractivity contribution in [1.29, 1.82) is 0 Å². The molecular formula is C30H25ClF2N4O5. The average molecular weight is 595 g/mol. The summed E-state index contributed by atoms with van der Waals surface area (Å²) in [5, 5.41) is 7.35. The summed E-state index contributed by atoms with van der Waals surface area (Å²) >= 11 is 6.25. The molecule has 12 heteroatoms. The summed E-state index contributed by atoms with van der Waals surface area (Å²) < 4.78 is 41.2. The maximum atomic E-state index is 14.7. The van der Waals surface area contributed by atoms with E-state index in [1.165, 1.54) is 31.4 Å². The maximum absolute atomic E-state index is 14.7. The number of halogens is 3. The first kappa shape index (κ1) is 28.7. The number of nitrogens with one attached hydrogen (secondary N) is 1. The van der Waals surface area contributed by atoms with Crippen molar-refractivity contribution in [2.45, 2.75) is 13.0 Å². The van der Waals surface area contributed by atoms with Crippen LogP contribution in [0, 0.1) is 11.6 Å². The van der Waals surface area contributed by atoms with Gasteiger partial charge in [0, 0.05) is 41.7 Å². The van der Waals surface area contributed by atoms with Gasteiger partial charge in [-0.05, 0) is 42.5 Å². The van der Waals surface area contributed by atoms with Gasteiger partial charge in [0.2, 0.25) is 5.91 Å². The number of aryl methyl sites for hydroxylation is 1. The first-order valence-electron chi connectivity index (χ1n) is 12.8. The lowest BCUT2D eigenvalue weighted by Crippen LogP contribution is -2.38. The van der Waals surface area contributed by atoms with Gasteiger partial charge >= 0.3 is 5.97 Å². The minimum absolute atomic E-state index is 0.0206. The molecule has 42 heavy (non-hydrogen) atoms. The molecule has 0 bridgehead atoms. The van der Waals surface area contributed by atoms with Crippen LogP contribution in [0.5, 0.6) is 5.75 Å². The number of carbonyl (C=O) groups is 3. The van der Waals surface area contributed by atoms with E-state index in [9.17, 15) is 23.2 Å². The van der Waals surface area contributed by atoms with Crippen molar-refractivity contribution in [3.63, 3.8) is 0 Å². The molecule has 0 aliphatic carbocycles. The number of ether oxygens (including phenoxy) is 2. The Hall–Kier alpha value is -4.77. The minimum atomic E-state index is -0.796. The van der Waals surface area contributed by atoms with E-state index in [1.807, 2.05) is 0 Å². The Labute approximate surface area is 244 Å². The van der Waals surface area contributed by atoms with E-state index in [0.29, 0.717) is 34.0 Å². The zero-order valence-corrected chi connectivity index (χ0v) is 23.4. The molecule has 1 aliphatic heterocycles. The number of methoxy groups -OCH3 is 1. The zero-order chi connectivity index (χ0) is 30.0. The van der Waals surface area contributed by atoms with E-state index in [2.05, 4.69) is 15.2 Å². The smallest absolute Gasteiger partial charge is 0.337 e. The van der Waals surface area contributed by atoms with Crippen LogP contribution in [0.4, 0.5) is 14.5 Å². The largest absolute Gasteiger partial charge is 0.493 e. The highest BCUT2D eigenvalue weighted by molar-refractivity contribution is 6.31. The number of esters is 1. The molecule has 0 atom stereocenters. The fourth-order valence-corrected chi connectivity index (χ4v) is 4.97. The lowest BCUT2D eigenvalue weighted by Gasteiger charge is -2.22. The van der Waals surface area contributed by atoms with Crippen LogP contribution in [0.25, 0.3) is 11.3 Å². The molecule has 0 fully saturated rings. The van der Waals surface area contributed by atoms with Crippen molar-refractivity contribution in [1.82, 2.24) is 14.7 Å². The highest BCUT2D eigenvalue weighted by Crippen LogP contribution is 2.38. The first-order valence-corrected chi connectivity index (χ1v) is 13.2. The van der Waals surface area contributed by atoms with Gasteiger partial charge in [-0.2, -0.15) is 5.10 Å². The van der Waals surface area contributed by atoms with Crippen LogP contribution < -0.4 is 10.1 Å². The highest BCUT2D eigenvalue weighted by Gasteiger charge is 2.31. The van der Waals surface area contributed by atoms with Gasteiger partial charge in [-0.15, -0.1) is 0 Å². The highest BCUT2D eigenvalue weighted by atomic mass is 35.5. The van der Waals surface area contributed by atoms with Crippen LogP contribution in [0.3, 0.4) is 0 Å². The van der Waals surface area contributed by atoms with Gasteiger partial charge in [-0.1, -0.05) is 29.8 Å². The van der Waals surface area contributed by atoms with Crippen LogP contribution in [0.15, 0.2) is 60.7 Å². The topological polar surface area (TPSA) is 103 Å².